The number of anilines is 4. The fourth-order valence-electron chi connectivity index (χ4n) is 16.3. The summed E-state index contributed by atoms with van der Waals surface area (Å²) in [6.07, 6.45) is 23.3. The highest BCUT2D eigenvalue weighted by Crippen LogP contribution is 2.35. The normalized spacial score (nSPS) is 12.8. The van der Waals surface area contributed by atoms with Gasteiger partial charge in [-0.25, -0.2) is 49.8 Å². The van der Waals surface area contributed by atoms with Gasteiger partial charge in [-0.3, -0.25) is 19.2 Å². The number of nitrogens with zero attached hydrogens (tertiary/aromatic N) is 15. The number of aromatic nitrogens is 13. The molecule has 31 nitrogen and oxygen atoms in total. The molecule has 4 amide bonds. The minimum absolute atomic E-state index is 0.0181. The lowest BCUT2D eigenvalue weighted by Crippen LogP contribution is -2.23. The van der Waals surface area contributed by atoms with Crippen molar-refractivity contribution in [2.75, 3.05) is 57.6 Å². The van der Waals surface area contributed by atoms with Crippen molar-refractivity contribution in [2.24, 2.45) is 5.73 Å². The molecule has 9 aromatic carbocycles. The summed E-state index contributed by atoms with van der Waals surface area (Å²) in [5, 5.41) is 15.5. The number of rotatable bonds is 19. The summed E-state index contributed by atoms with van der Waals surface area (Å²) in [7, 11) is 8.27. The summed E-state index contributed by atoms with van der Waals surface area (Å²) in [6.45, 7) is 5.50. The Kier molecular flexibility index (Phi) is 28.6. The van der Waals surface area contributed by atoms with E-state index < -0.39 is 0 Å². The Morgan fingerprint density at radius 2 is 0.752 bits per heavy atom. The third-order valence-corrected chi connectivity index (χ3v) is 24.4. The van der Waals surface area contributed by atoms with Crippen LogP contribution in [0.3, 0.4) is 0 Å². The first kappa shape index (κ1) is 92.2. The number of methoxy groups -OCH3 is 5. The predicted octanol–water partition coefficient (Wildman–Crippen LogP) is 16.8. The molecular weight excluding hydrogens is 1820 g/mol. The van der Waals surface area contributed by atoms with E-state index in [1.54, 1.807) is 48.2 Å². The van der Waals surface area contributed by atoms with E-state index in [2.05, 4.69) is 105 Å². The highest BCUT2D eigenvalue weighted by molar-refractivity contribution is 9.10. The topological polar surface area (TPSA) is 391 Å². The number of ether oxygens (including phenoxy) is 5. The average molecular weight is 1910 g/mol. The molecule has 23 rings (SSSR count). The summed E-state index contributed by atoms with van der Waals surface area (Å²) < 4.78 is 32.7. The van der Waals surface area contributed by atoms with E-state index in [1.165, 1.54) is 24.5 Å². The summed E-state index contributed by atoms with van der Waals surface area (Å²) in [5.41, 5.74) is 39.2. The summed E-state index contributed by atoms with van der Waals surface area (Å²) >= 11 is 9.21. The van der Waals surface area contributed by atoms with Crippen molar-refractivity contribution in [3.63, 3.8) is 0 Å². The Balaban J connectivity index is 0.000000116. The number of benzene rings is 9. The first-order valence-corrected chi connectivity index (χ1v) is 44.8. The van der Waals surface area contributed by atoms with Gasteiger partial charge >= 0.3 is 0 Å². The SMILES string of the molecule is COc1ccc(CN)cc1.COc1ccc(CN2Cc3cc(Br)ccc3C2=O)cc1.COc1ccc(CNc2ncnc3c2C=CC3)cc1.COc1ccc(CNc2ncnc3c2ccn3-c2ccc3c(c2)CN(Cc2ccc(OC)cc2)C3=O)cc1.Clc1ncnc2c1C=CC2.Nc1ncnc2c1ccn2-c1ccc2c(c1)CNC2=O.Nc1ncnc2c1ccn2-c1ccc2c(c1)CNC2=O. The number of hydrogen-bond acceptors (Lipinski definition) is 24. The van der Waals surface area contributed by atoms with Crippen LogP contribution in [-0.2, 0) is 71.7 Å². The van der Waals surface area contributed by atoms with Gasteiger partial charge in [0.2, 0.25) is 0 Å². The van der Waals surface area contributed by atoms with Gasteiger partial charge in [-0.15, -0.1) is 0 Å². The van der Waals surface area contributed by atoms with Gasteiger partial charge in [0.1, 0.15) is 106 Å². The fraction of sp³-hybridized carbons (Fsp3) is 0.154. The molecule has 2 aliphatic carbocycles. The van der Waals surface area contributed by atoms with Crippen molar-refractivity contribution in [1.82, 2.24) is 84.0 Å². The number of nitrogens with one attached hydrogen (secondary N) is 4. The quantitative estimate of drug-likeness (QED) is 0.0370. The molecule has 0 fully saturated rings. The molecule has 0 radical (unpaired) electrons. The zero-order valence-corrected chi connectivity index (χ0v) is 77.6. The lowest BCUT2D eigenvalue weighted by atomic mass is 10.1. The van der Waals surface area contributed by atoms with Crippen LogP contribution < -0.4 is 62.2 Å². The maximum Gasteiger partial charge on any atom is 0.254 e. The van der Waals surface area contributed by atoms with Gasteiger partial charge in [0.25, 0.3) is 23.6 Å². The van der Waals surface area contributed by atoms with Gasteiger partial charge < -0.3 is 85.7 Å². The molecule has 0 saturated heterocycles. The van der Waals surface area contributed by atoms with E-state index in [1.807, 2.05) is 261 Å². The number of halogens is 2. The first-order chi connectivity index (χ1) is 66.9. The van der Waals surface area contributed by atoms with E-state index in [4.69, 9.17) is 52.5 Å². The summed E-state index contributed by atoms with van der Waals surface area (Å²) in [5.74, 6) is 6.91. The number of amides is 4. The van der Waals surface area contributed by atoms with Crippen molar-refractivity contribution in [3.05, 3.63) is 379 Å². The molecule has 0 saturated carbocycles. The lowest BCUT2D eigenvalue weighted by molar-refractivity contribution is 0.0759. The second-order valence-electron chi connectivity index (χ2n) is 32.0. The second kappa shape index (κ2) is 42.5. The fourth-order valence-corrected chi connectivity index (χ4v) is 16.9. The van der Waals surface area contributed by atoms with Gasteiger partial charge in [-0.2, -0.15) is 0 Å². The molecule has 6 aliphatic rings. The number of hydrogen-bond donors (Lipinski definition) is 7. The maximum atomic E-state index is 13.1. The average Bonchev–Trinajstić information content (AvgIpc) is 1.62. The summed E-state index contributed by atoms with van der Waals surface area (Å²) in [6, 6.07) is 68.3. The minimum Gasteiger partial charge on any atom is -0.497 e. The van der Waals surface area contributed by atoms with Gasteiger partial charge in [0.15, 0.2) is 0 Å². The largest absolute Gasteiger partial charge is 0.497 e. The van der Waals surface area contributed by atoms with Gasteiger partial charge in [0, 0.05) is 145 Å². The van der Waals surface area contributed by atoms with Crippen molar-refractivity contribution in [1.29, 1.82) is 0 Å². The standard InChI is InChI=1S/C30H27N5O3.C16H14BrNO2.C15H15N3O.2C14H11N5O.C8H11NO.C7H5ClN2/c1-37-24-8-3-20(4-9-24)16-31-28-27-13-14-35(29(27)33-19-32-28)23-7-12-26-22(15-23)18-34(30(26)36)17-21-5-10-25(38-2)11-6-21;1-20-14-5-2-11(3-6-14)9-18-10-12-8-13(17)4-7-15(12)16(18)19;1-19-12-7-5-11(6-8-12)9-16-15-13-3-2-4-14(13)17-10-18-15;2*15-12-11-3-4-19(13(11)18-7-17-12)9-1-2-10-8(5-9)6-16-14(10)20;1-10-8-4-2-7(6-9)3-5-8;8-7-5-2-1-3-6(5)9-4-10-7/h3-15,19H,16-18H2,1-2H3,(H,31,32,33);2-8H,9-10H2,1H3;2-3,5-8,10H,4,9H2,1H3,(H,16,17,18);2*1-5,7H,6H2,(H,16,20)(H2,15,17,18);2-5H,6,9H2,1H3;1-2,4H,3H2. The molecule has 33 heteroatoms. The van der Waals surface area contributed by atoms with Crippen LogP contribution in [0.25, 0.3) is 62.3 Å². The van der Waals surface area contributed by atoms with Gasteiger partial charge in [-0.1, -0.05) is 112 Å². The smallest absolute Gasteiger partial charge is 0.254 e. The molecule has 0 unspecified atom stereocenters. The molecule has 0 bridgehead atoms. The van der Waals surface area contributed by atoms with Crippen molar-refractivity contribution >= 4 is 120 Å². The van der Waals surface area contributed by atoms with Gasteiger partial charge in [0.05, 0.1) is 63.1 Å². The number of nitrogens with two attached hydrogens (primary N) is 3. The number of carbonyl (C=O) groups excluding carboxylic acids is 4. The van der Waals surface area contributed by atoms with E-state index in [0.29, 0.717) is 69.1 Å². The minimum atomic E-state index is -0.0181. The zero-order valence-electron chi connectivity index (χ0n) is 75.3. The molecule has 4 aliphatic heterocycles. The molecule has 8 aromatic heterocycles. The van der Waals surface area contributed by atoms with Crippen molar-refractivity contribution in [3.8, 4) is 45.8 Å². The van der Waals surface area contributed by atoms with Crippen LogP contribution >= 0.6 is 27.5 Å². The van der Waals surface area contributed by atoms with Gasteiger partial charge in [-0.05, 0) is 202 Å². The number of allylic oxidation sites excluding steroid dienone is 2. The highest BCUT2D eigenvalue weighted by Gasteiger charge is 2.31. The zero-order chi connectivity index (χ0) is 95.0. The molecule has 12 heterocycles. The molecule has 10 N–H and O–H groups in total. The molecule has 0 spiro atoms. The second-order valence-corrected chi connectivity index (χ2v) is 33.3. The molecular formula is C104H94BrClN22O9. The van der Waals surface area contributed by atoms with Crippen LogP contribution in [0.1, 0.15) is 114 Å². The van der Waals surface area contributed by atoms with Crippen LogP contribution in [-0.4, -0.2) is 133 Å². The Bertz CT molecular complexity index is 7200. The number of nitrogen functional groups attached to an aromatic ring is 2. The summed E-state index contributed by atoms with van der Waals surface area (Å²) in [4.78, 5) is 94.3. The Labute approximate surface area is 801 Å². The molecule has 0 atom stereocenters. The Hall–Kier alpha value is -16.7. The van der Waals surface area contributed by atoms with Crippen LogP contribution in [0.2, 0.25) is 5.15 Å². The Morgan fingerprint density at radius 1 is 0.387 bits per heavy atom. The van der Waals surface area contributed by atoms with E-state index in [9.17, 15) is 19.2 Å². The van der Waals surface area contributed by atoms with Crippen LogP contribution in [0.4, 0.5) is 23.3 Å². The van der Waals surface area contributed by atoms with E-state index in [0.717, 1.165) is 204 Å². The van der Waals surface area contributed by atoms with Crippen LogP contribution in [0.15, 0.2) is 279 Å². The number of fused-ring (bicyclic) bond motifs is 9. The highest BCUT2D eigenvalue weighted by atomic mass is 79.9. The monoisotopic (exact) mass is 1910 g/mol. The van der Waals surface area contributed by atoms with Crippen LogP contribution in [0, 0.1) is 0 Å². The third kappa shape index (κ3) is 21.2. The maximum absolute atomic E-state index is 13.1. The van der Waals surface area contributed by atoms with Crippen LogP contribution in [0.5, 0.6) is 28.7 Å². The number of carbonyl (C=O) groups is 4. The van der Waals surface area contributed by atoms with E-state index >= 15 is 0 Å². The van der Waals surface area contributed by atoms with Crippen molar-refractivity contribution in [2.45, 2.75) is 71.7 Å². The third-order valence-electron chi connectivity index (χ3n) is 23.6. The first-order valence-electron chi connectivity index (χ1n) is 43.7. The molecule has 17 aromatic rings. The molecule has 137 heavy (non-hydrogen) atoms. The van der Waals surface area contributed by atoms with E-state index in [-0.39, 0.29) is 23.6 Å². The Morgan fingerprint density at radius 3 is 1.20 bits per heavy atom. The predicted molar refractivity (Wildman–Crippen MR) is 531 cm³/mol. The molecule has 688 valence electrons. The lowest BCUT2D eigenvalue weighted by Gasteiger charge is -2.15. The van der Waals surface area contributed by atoms with Crippen molar-refractivity contribution < 1.29 is 42.9 Å².